The number of nitrogens with one attached hydrogen (secondary N) is 2. The van der Waals surface area contributed by atoms with Crippen molar-refractivity contribution in [3.63, 3.8) is 0 Å². The summed E-state index contributed by atoms with van der Waals surface area (Å²) in [6, 6.07) is 5.42. The van der Waals surface area contributed by atoms with Gasteiger partial charge in [-0.25, -0.2) is 9.07 Å². The highest BCUT2D eigenvalue weighted by Gasteiger charge is 2.25. The number of carbonyl (C=O) groups is 2. The molecule has 0 aliphatic heterocycles. The first-order chi connectivity index (χ1) is 13.3. The van der Waals surface area contributed by atoms with Crippen LogP contribution in [0.5, 0.6) is 0 Å². The molecule has 2 N–H and O–H groups in total. The minimum absolute atomic E-state index is 0.0238. The van der Waals surface area contributed by atoms with Crippen molar-refractivity contribution in [2.75, 3.05) is 11.9 Å². The van der Waals surface area contributed by atoms with E-state index in [0.717, 1.165) is 17.8 Å². The standard InChI is InChI=1S/C21H28ClFN4O2/c1-20(2,3)16-12-17(27(26-16)21(4,5)6)25-18(28)9-10-24-19(29)14-8-7-13(23)11-15(14)22/h7-8,11-12H,9-10H2,1-6H3,(H,24,29)(H,25,28). The fraction of sp³-hybridized carbons (Fsp3) is 0.476. The summed E-state index contributed by atoms with van der Waals surface area (Å²) in [7, 11) is 0. The van der Waals surface area contributed by atoms with Crippen LogP contribution >= 0.6 is 11.6 Å². The van der Waals surface area contributed by atoms with Gasteiger partial charge in [-0.3, -0.25) is 9.59 Å². The van der Waals surface area contributed by atoms with Gasteiger partial charge < -0.3 is 10.6 Å². The van der Waals surface area contributed by atoms with Crippen molar-refractivity contribution in [2.24, 2.45) is 0 Å². The van der Waals surface area contributed by atoms with Crippen molar-refractivity contribution in [3.8, 4) is 0 Å². The van der Waals surface area contributed by atoms with E-state index in [-0.39, 0.29) is 40.4 Å². The van der Waals surface area contributed by atoms with Crippen LogP contribution in [0.25, 0.3) is 0 Å². The SMILES string of the molecule is CC(C)(C)c1cc(NC(=O)CCNC(=O)c2ccc(F)cc2Cl)n(C(C)(C)C)n1. The van der Waals surface area contributed by atoms with Gasteiger partial charge in [0.05, 0.1) is 21.8 Å². The Morgan fingerprint density at radius 1 is 1.14 bits per heavy atom. The van der Waals surface area contributed by atoms with Crippen molar-refractivity contribution >= 4 is 29.2 Å². The fourth-order valence-electron chi connectivity index (χ4n) is 2.61. The average molecular weight is 423 g/mol. The number of halogens is 2. The maximum Gasteiger partial charge on any atom is 0.252 e. The van der Waals surface area contributed by atoms with E-state index in [2.05, 4.69) is 36.5 Å². The van der Waals surface area contributed by atoms with Gasteiger partial charge in [0.25, 0.3) is 5.91 Å². The van der Waals surface area contributed by atoms with Gasteiger partial charge in [0, 0.05) is 24.4 Å². The third kappa shape index (κ3) is 6.03. The summed E-state index contributed by atoms with van der Waals surface area (Å²) >= 11 is 5.88. The van der Waals surface area contributed by atoms with E-state index in [1.54, 1.807) is 4.68 Å². The summed E-state index contributed by atoms with van der Waals surface area (Å²) in [6.07, 6.45) is 0.0741. The molecule has 8 heteroatoms. The third-order valence-electron chi connectivity index (χ3n) is 4.19. The Balaban J connectivity index is 2.00. The smallest absolute Gasteiger partial charge is 0.252 e. The van der Waals surface area contributed by atoms with Gasteiger partial charge in [0.1, 0.15) is 11.6 Å². The van der Waals surface area contributed by atoms with Crippen molar-refractivity contribution in [2.45, 2.75) is 58.9 Å². The molecule has 0 fully saturated rings. The van der Waals surface area contributed by atoms with Gasteiger partial charge in [-0.2, -0.15) is 5.10 Å². The molecule has 29 heavy (non-hydrogen) atoms. The minimum atomic E-state index is -0.518. The quantitative estimate of drug-likeness (QED) is 0.745. The first-order valence-electron chi connectivity index (χ1n) is 9.43. The molecular formula is C21H28ClFN4O2. The molecule has 1 aromatic heterocycles. The van der Waals surface area contributed by atoms with Crippen LogP contribution in [0, 0.1) is 5.82 Å². The number of hydrogen-bond donors (Lipinski definition) is 2. The first kappa shape index (κ1) is 22.9. The predicted octanol–water partition coefficient (Wildman–Crippen LogP) is 4.49. The lowest BCUT2D eigenvalue weighted by Gasteiger charge is -2.23. The van der Waals surface area contributed by atoms with E-state index in [4.69, 9.17) is 11.6 Å². The number of anilines is 1. The zero-order valence-corrected chi connectivity index (χ0v) is 18.4. The molecule has 6 nitrogen and oxygen atoms in total. The lowest BCUT2D eigenvalue weighted by Crippen LogP contribution is -2.30. The Hall–Kier alpha value is -2.41. The lowest BCUT2D eigenvalue weighted by atomic mass is 9.92. The van der Waals surface area contributed by atoms with Gasteiger partial charge in [-0.1, -0.05) is 32.4 Å². The molecule has 0 atom stereocenters. The van der Waals surface area contributed by atoms with Gasteiger partial charge >= 0.3 is 0 Å². The second kappa shape index (κ2) is 8.53. The molecule has 2 amide bonds. The van der Waals surface area contributed by atoms with E-state index in [0.29, 0.717) is 5.82 Å². The maximum absolute atomic E-state index is 13.1. The molecule has 158 valence electrons. The van der Waals surface area contributed by atoms with Crippen molar-refractivity contribution in [3.05, 3.63) is 46.4 Å². The number of amides is 2. The summed E-state index contributed by atoms with van der Waals surface area (Å²) < 4.78 is 14.9. The Kier molecular flexibility index (Phi) is 6.73. The molecular weight excluding hydrogens is 395 g/mol. The number of nitrogens with zero attached hydrogens (tertiary/aromatic N) is 2. The first-order valence-corrected chi connectivity index (χ1v) is 9.81. The van der Waals surface area contributed by atoms with Crippen molar-refractivity contribution in [1.82, 2.24) is 15.1 Å². The molecule has 0 radical (unpaired) electrons. The van der Waals surface area contributed by atoms with Gasteiger partial charge in [0.15, 0.2) is 0 Å². The highest BCUT2D eigenvalue weighted by molar-refractivity contribution is 6.33. The number of hydrogen-bond acceptors (Lipinski definition) is 3. The topological polar surface area (TPSA) is 76.0 Å². The lowest BCUT2D eigenvalue weighted by molar-refractivity contribution is -0.116. The van der Waals surface area contributed by atoms with E-state index in [9.17, 15) is 14.0 Å². The highest BCUT2D eigenvalue weighted by Crippen LogP contribution is 2.28. The Morgan fingerprint density at radius 3 is 2.34 bits per heavy atom. The fourth-order valence-corrected chi connectivity index (χ4v) is 2.86. The van der Waals surface area contributed by atoms with Crippen LogP contribution in [0.2, 0.25) is 5.02 Å². The number of benzene rings is 1. The van der Waals surface area contributed by atoms with Gasteiger partial charge in [-0.15, -0.1) is 0 Å². The molecule has 0 spiro atoms. The molecule has 1 aromatic carbocycles. The molecule has 0 bridgehead atoms. The van der Waals surface area contributed by atoms with Crippen LogP contribution in [0.15, 0.2) is 24.3 Å². The maximum atomic E-state index is 13.1. The molecule has 0 saturated carbocycles. The van der Waals surface area contributed by atoms with E-state index >= 15 is 0 Å². The zero-order chi connectivity index (χ0) is 22.0. The average Bonchev–Trinajstić information content (AvgIpc) is 2.99. The van der Waals surface area contributed by atoms with Gasteiger partial charge in [0.2, 0.25) is 5.91 Å². The van der Waals surface area contributed by atoms with Crippen LogP contribution in [-0.2, 0) is 15.7 Å². The monoisotopic (exact) mass is 422 g/mol. The minimum Gasteiger partial charge on any atom is -0.351 e. The summed E-state index contributed by atoms with van der Waals surface area (Å²) in [5.74, 6) is -0.616. The Morgan fingerprint density at radius 2 is 1.79 bits per heavy atom. The second-order valence-electron chi connectivity index (χ2n) is 8.93. The largest absolute Gasteiger partial charge is 0.351 e. The summed E-state index contributed by atoms with van der Waals surface area (Å²) in [6.45, 7) is 12.3. The van der Waals surface area contributed by atoms with E-state index in [1.807, 2.05) is 26.8 Å². The van der Waals surface area contributed by atoms with Crippen molar-refractivity contribution in [1.29, 1.82) is 0 Å². The predicted molar refractivity (Wildman–Crippen MR) is 113 cm³/mol. The highest BCUT2D eigenvalue weighted by atomic mass is 35.5. The van der Waals surface area contributed by atoms with Crippen LogP contribution in [-0.4, -0.2) is 28.1 Å². The molecule has 0 unspecified atom stereocenters. The van der Waals surface area contributed by atoms with Crippen LogP contribution in [0.3, 0.4) is 0 Å². The molecule has 1 heterocycles. The molecule has 0 saturated heterocycles. The Labute approximate surface area is 175 Å². The van der Waals surface area contributed by atoms with Gasteiger partial charge in [-0.05, 0) is 39.0 Å². The summed E-state index contributed by atoms with van der Waals surface area (Å²) in [4.78, 5) is 24.6. The second-order valence-corrected chi connectivity index (χ2v) is 9.33. The summed E-state index contributed by atoms with van der Waals surface area (Å²) in [5, 5.41) is 10.2. The zero-order valence-electron chi connectivity index (χ0n) is 17.7. The number of rotatable bonds is 5. The summed E-state index contributed by atoms with van der Waals surface area (Å²) in [5.41, 5.74) is 0.578. The van der Waals surface area contributed by atoms with Crippen molar-refractivity contribution < 1.29 is 14.0 Å². The normalized spacial score (nSPS) is 12.0. The van der Waals surface area contributed by atoms with E-state index < -0.39 is 11.7 Å². The molecule has 2 aromatic rings. The number of carbonyl (C=O) groups excluding carboxylic acids is 2. The van der Waals surface area contributed by atoms with Crippen LogP contribution in [0.4, 0.5) is 10.2 Å². The number of aromatic nitrogens is 2. The molecule has 0 aliphatic rings. The van der Waals surface area contributed by atoms with Crippen LogP contribution in [0.1, 0.15) is 64.0 Å². The Bertz CT molecular complexity index is 910. The van der Waals surface area contributed by atoms with Crippen LogP contribution < -0.4 is 10.6 Å². The molecule has 2 rings (SSSR count). The third-order valence-corrected chi connectivity index (χ3v) is 4.51. The molecule has 0 aliphatic carbocycles. The van der Waals surface area contributed by atoms with E-state index in [1.165, 1.54) is 6.07 Å².